The van der Waals surface area contributed by atoms with Gasteiger partial charge in [-0.2, -0.15) is 0 Å². The molecule has 0 aromatic heterocycles. The first-order valence-electron chi connectivity index (χ1n) is 6.58. The molecule has 2 rings (SSSR count). The summed E-state index contributed by atoms with van der Waals surface area (Å²) in [6.07, 6.45) is -0.547. The Hall–Kier alpha value is -1.21. The highest BCUT2D eigenvalue weighted by Crippen LogP contribution is 2.33. The van der Waals surface area contributed by atoms with E-state index in [2.05, 4.69) is 4.72 Å². The van der Waals surface area contributed by atoms with Crippen LogP contribution in [0.3, 0.4) is 0 Å². The third-order valence-corrected chi connectivity index (χ3v) is 5.57. The van der Waals surface area contributed by atoms with Crippen LogP contribution in [0.2, 0.25) is 5.02 Å². The zero-order valence-corrected chi connectivity index (χ0v) is 14.4. The zero-order valence-electron chi connectivity index (χ0n) is 11.9. The van der Waals surface area contributed by atoms with E-state index in [-0.39, 0.29) is 11.4 Å². The van der Waals surface area contributed by atoms with E-state index in [9.17, 15) is 13.0 Å². The summed E-state index contributed by atoms with van der Waals surface area (Å²) in [5.41, 5.74) is 1.73. The third-order valence-electron chi connectivity index (χ3n) is 3.04. The predicted octanol–water partition coefficient (Wildman–Crippen LogP) is 2.46. The number of sulfonamides is 1. The first-order valence-corrected chi connectivity index (χ1v) is 10.2. The molecule has 0 fully saturated rings. The Morgan fingerprint density at radius 3 is 1.91 bits per heavy atom. The second-order valence-corrected chi connectivity index (χ2v) is 8.80. The van der Waals surface area contributed by atoms with Crippen LogP contribution in [0.15, 0.2) is 53.4 Å². The highest BCUT2D eigenvalue weighted by atomic mass is 35.5. The lowest BCUT2D eigenvalue weighted by molar-refractivity contribution is 0.373. The molecule has 0 aliphatic heterocycles. The summed E-state index contributed by atoms with van der Waals surface area (Å²) in [5.74, 6) is 0. The molecule has 0 aliphatic rings. The molecular weight excluding hydrogens is 361 g/mol. The molecule has 0 heterocycles. The lowest BCUT2D eigenvalue weighted by Gasteiger charge is -2.08. The summed E-state index contributed by atoms with van der Waals surface area (Å²) in [7, 11) is -8.04. The number of benzene rings is 2. The molecule has 2 aromatic rings. The molecule has 3 N–H and O–H groups in total. The van der Waals surface area contributed by atoms with Gasteiger partial charge in [-0.1, -0.05) is 35.9 Å². The van der Waals surface area contributed by atoms with Crippen molar-refractivity contribution in [1.29, 1.82) is 0 Å². The number of hydrogen-bond donors (Lipinski definition) is 3. The largest absolute Gasteiger partial charge is 0.326 e. The minimum absolute atomic E-state index is 0.0286. The Morgan fingerprint density at radius 2 is 1.43 bits per heavy atom. The van der Waals surface area contributed by atoms with Crippen molar-refractivity contribution < 1.29 is 22.8 Å². The molecule has 2 aromatic carbocycles. The fourth-order valence-electron chi connectivity index (χ4n) is 1.88. The maximum Gasteiger partial charge on any atom is 0.326 e. The van der Waals surface area contributed by atoms with Gasteiger partial charge in [0.05, 0.1) is 11.1 Å². The quantitative estimate of drug-likeness (QED) is 0.673. The summed E-state index contributed by atoms with van der Waals surface area (Å²) in [6, 6.07) is 13.3. The average Bonchev–Trinajstić information content (AvgIpc) is 2.46. The molecule has 0 amide bonds. The lowest BCUT2D eigenvalue weighted by Crippen LogP contribution is -2.26. The van der Waals surface area contributed by atoms with Gasteiger partial charge in [0.2, 0.25) is 10.0 Å². The highest BCUT2D eigenvalue weighted by molar-refractivity contribution is 7.89. The van der Waals surface area contributed by atoms with Crippen molar-refractivity contribution in [2.75, 3.05) is 12.7 Å². The van der Waals surface area contributed by atoms with E-state index in [1.807, 2.05) is 12.1 Å². The van der Waals surface area contributed by atoms with Gasteiger partial charge < -0.3 is 9.79 Å². The van der Waals surface area contributed by atoms with Gasteiger partial charge >= 0.3 is 7.60 Å². The molecule has 0 radical (unpaired) electrons. The van der Waals surface area contributed by atoms with E-state index in [0.29, 0.717) is 5.02 Å². The fourth-order valence-corrected chi connectivity index (χ4v) is 3.59. The predicted molar refractivity (Wildman–Crippen MR) is 89.0 cm³/mol. The molecule has 0 bridgehead atoms. The molecule has 0 atom stereocenters. The molecule has 23 heavy (non-hydrogen) atoms. The number of rotatable bonds is 6. The second-order valence-electron chi connectivity index (χ2n) is 4.82. The first-order chi connectivity index (χ1) is 10.7. The smallest absolute Gasteiger partial charge is 0.324 e. The molecule has 0 aliphatic carbocycles. The number of nitrogens with one attached hydrogen (secondary N) is 1. The first kappa shape index (κ1) is 18.1. The summed E-state index contributed by atoms with van der Waals surface area (Å²) >= 11 is 5.82. The topological polar surface area (TPSA) is 104 Å². The zero-order chi connectivity index (χ0) is 17.1. The summed E-state index contributed by atoms with van der Waals surface area (Å²) < 4.78 is 36.9. The number of hydrogen-bond acceptors (Lipinski definition) is 3. The molecule has 0 unspecified atom stereocenters. The monoisotopic (exact) mass is 375 g/mol. The van der Waals surface area contributed by atoms with Gasteiger partial charge in [-0.3, -0.25) is 4.57 Å². The summed E-state index contributed by atoms with van der Waals surface area (Å²) in [6.45, 7) is -0.328. The SMILES string of the molecule is O=P(O)(O)CCNS(=O)(=O)c1ccc(-c2ccc(Cl)cc2)cc1. The van der Waals surface area contributed by atoms with Crippen LogP contribution in [0.5, 0.6) is 0 Å². The van der Waals surface area contributed by atoms with Crippen LogP contribution in [-0.4, -0.2) is 30.9 Å². The molecule has 0 saturated carbocycles. The van der Waals surface area contributed by atoms with Crippen LogP contribution in [-0.2, 0) is 14.6 Å². The molecule has 0 saturated heterocycles. The molecule has 9 heteroatoms. The van der Waals surface area contributed by atoms with Gasteiger partial charge in [0.15, 0.2) is 0 Å². The van der Waals surface area contributed by atoms with Gasteiger partial charge in [0, 0.05) is 11.6 Å². The van der Waals surface area contributed by atoms with Crippen LogP contribution in [0, 0.1) is 0 Å². The maximum absolute atomic E-state index is 12.0. The van der Waals surface area contributed by atoms with Crippen LogP contribution in [0.1, 0.15) is 0 Å². The van der Waals surface area contributed by atoms with Gasteiger partial charge in [0.25, 0.3) is 0 Å². The van der Waals surface area contributed by atoms with Crippen LogP contribution in [0.25, 0.3) is 11.1 Å². The van der Waals surface area contributed by atoms with Gasteiger partial charge in [-0.25, -0.2) is 13.1 Å². The molecule has 0 spiro atoms. The normalized spacial score (nSPS) is 12.3. The Balaban J connectivity index is 2.12. The molecular formula is C14H15ClNO5PS. The lowest BCUT2D eigenvalue weighted by atomic mass is 10.1. The van der Waals surface area contributed by atoms with Gasteiger partial charge in [-0.05, 0) is 35.4 Å². The Bertz CT molecular complexity index is 815. The van der Waals surface area contributed by atoms with Crippen molar-refractivity contribution in [2.24, 2.45) is 0 Å². The van der Waals surface area contributed by atoms with E-state index in [4.69, 9.17) is 21.4 Å². The van der Waals surface area contributed by atoms with Crippen LogP contribution in [0.4, 0.5) is 0 Å². The van der Waals surface area contributed by atoms with E-state index in [0.717, 1.165) is 11.1 Å². The average molecular weight is 376 g/mol. The maximum atomic E-state index is 12.0. The minimum Gasteiger partial charge on any atom is -0.324 e. The summed E-state index contributed by atoms with van der Waals surface area (Å²) in [4.78, 5) is 17.5. The van der Waals surface area contributed by atoms with Crippen molar-refractivity contribution >= 4 is 29.2 Å². The minimum atomic E-state index is -4.23. The highest BCUT2D eigenvalue weighted by Gasteiger charge is 2.17. The van der Waals surface area contributed by atoms with Gasteiger partial charge in [0.1, 0.15) is 0 Å². The van der Waals surface area contributed by atoms with Crippen molar-refractivity contribution in [2.45, 2.75) is 4.90 Å². The standard InChI is InChI=1S/C14H15ClNO5PS/c15-13-5-1-11(2-6-13)12-3-7-14(8-4-12)23(20,21)16-9-10-22(17,18)19/h1-8,16H,9-10H2,(H2,17,18,19). The molecule has 124 valence electrons. The summed E-state index contributed by atoms with van der Waals surface area (Å²) in [5, 5.41) is 0.613. The van der Waals surface area contributed by atoms with E-state index < -0.39 is 23.8 Å². The van der Waals surface area contributed by atoms with E-state index in [1.165, 1.54) is 12.1 Å². The van der Waals surface area contributed by atoms with Crippen molar-refractivity contribution in [3.8, 4) is 11.1 Å². The second kappa shape index (κ2) is 7.13. The Morgan fingerprint density at radius 1 is 0.957 bits per heavy atom. The van der Waals surface area contributed by atoms with E-state index in [1.54, 1.807) is 24.3 Å². The fraction of sp³-hybridized carbons (Fsp3) is 0.143. The van der Waals surface area contributed by atoms with Crippen LogP contribution < -0.4 is 4.72 Å². The van der Waals surface area contributed by atoms with Crippen molar-refractivity contribution in [3.05, 3.63) is 53.6 Å². The van der Waals surface area contributed by atoms with Crippen LogP contribution >= 0.6 is 19.2 Å². The Kier molecular flexibility index (Phi) is 5.62. The van der Waals surface area contributed by atoms with E-state index >= 15 is 0 Å². The third kappa shape index (κ3) is 5.42. The van der Waals surface area contributed by atoms with Crippen molar-refractivity contribution in [1.82, 2.24) is 4.72 Å². The number of halogens is 1. The van der Waals surface area contributed by atoms with Crippen molar-refractivity contribution in [3.63, 3.8) is 0 Å². The Labute approximate surface area is 139 Å². The van der Waals surface area contributed by atoms with Gasteiger partial charge in [-0.15, -0.1) is 0 Å². The molecule has 6 nitrogen and oxygen atoms in total.